The van der Waals surface area contributed by atoms with Gasteiger partial charge in [-0.1, -0.05) is 45.4 Å². The van der Waals surface area contributed by atoms with Gasteiger partial charge in [0.25, 0.3) is 5.09 Å². The maximum Gasteiger partial charge on any atom is 0.332 e. The minimum absolute atomic E-state index is 0.197. The molecule has 0 aromatic heterocycles. The van der Waals surface area contributed by atoms with Gasteiger partial charge >= 0.3 is 5.97 Å². The van der Waals surface area contributed by atoms with Crippen LogP contribution >= 0.6 is 0 Å². The smallest absolute Gasteiger partial charge is 0.332 e. The number of hydrogen-bond acceptors (Lipinski definition) is 4. The summed E-state index contributed by atoms with van der Waals surface area (Å²) in [6, 6.07) is 0. The average molecular weight is 233 g/mol. The lowest BCUT2D eigenvalue weighted by molar-refractivity contribution is -0.765. The van der Waals surface area contributed by atoms with Crippen molar-refractivity contribution in [2.24, 2.45) is 0 Å². The molecule has 0 fully saturated rings. The first-order valence-electron chi connectivity index (χ1n) is 5.62. The second-order valence-electron chi connectivity index (χ2n) is 3.71. The fraction of sp³-hybridized carbons (Fsp3) is 0.900. The summed E-state index contributed by atoms with van der Waals surface area (Å²) in [5, 5.41) is 17.6. The lowest BCUT2D eigenvalue weighted by Crippen LogP contribution is -2.26. The number of aliphatic carboxylic acids is 1. The molecule has 0 radical (unpaired) electrons. The van der Waals surface area contributed by atoms with Gasteiger partial charge in [0, 0.05) is 0 Å². The maximum atomic E-state index is 10.6. The summed E-state index contributed by atoms with van der Waals surface area (Å²) >= 11 is 0. The van der Waals surface area contributed by atoms with Crippen LogP contribution in [0.1, 0.15) is 51.9 Å². The second kappa shape index (κ2) is 8.94. The number of carboxylic acids is 1. The van der Waals surface area contributed by atoms with Crippen molar-refractivity contribution < 1.29 is 19.8 Å². The van der Waals surface area contributed by atoms with Gasteiger partial charge in [-0.3, -0.25) is 4.84 Å². The highest BCUT2D eigenvalue weighted by atomic mass is 17.0. The molecule has 0 spiro atoms. The Kier molecular flexibility index (Phi) is 8.19. The Hall–Kier alpha value is -1.33. The Morgan fingerprint density at radius 2 is 1.88 bits per heavy atom. The summed E-state index contributed by atoms with van der Waals surface area (Å²) in [7, 11) is 0. The van der Waals surface area contributed by atoms with Gasteiger partial charge in [-0.2, -0.15) is 0 Å². The molecule has 0 aromatic carbocycles. The van der Waals surface area contributed by atoms with Crippen LogP contribution in [0.25, 0.3) is 0 Å². The summed E-state index contributed by atoms with van der Waals surface area (Å²) < 4.78 is 0. The summed E-state index contributed by atoms with van der Waals surface area (Å²) in [5.41, 5.74) is 0. The highest BCUT2D eigenvalue weighted by Gasteiger charge is 2.20. The van der Waals surface area contributed by atoms with Crippen molar-refractivity contribution in [1.82, 2.24) is 0 Å². The Morgan fingerprint density at radius 3 is 2.38 bits per heavy atom. The molecule has 0 aromatic rings. The lowest BCUT2D eigenvalue weighted by Gasteiger charge is -2.09. The molecule has 6 nitrogen and oxygen atoms in total. The number of carbonyl (C=O) groups is 1. The van der Waals surface area contributed by atoms with E-state index in [1.807, 2.05) is 0 Å². The van der Waals surface area contributed by atoms with Gasteiger partial charge < -0.3 is 5.11 Å². The molecule has 0 rings (SSSR count). The molecule has 0 saturated carbocycles. The topological polar surface area (TPSA) is 89.7 Å². The number of nitrogens with zero attached hydrogens (tertiary/aromatic N) is 1. The molecule has 1 atom stereocenters. The van der Waals surface area contributed by atoms with E-state index in [1.54, 1.807) is 0 Å². The van der Waals surface area contributed by atoms with Crippen LogP contribution in [0.5, 0.6) is 0 Å². The van der Waals surface area contributed by atoms with E-state index in [4.69, 9.17) is 5.11 Å². The third kappa shape index (κ3) is 8.02. The maximum absolute atomic E-state index is 10.6. The Labute approximate surface area is 94.7 Å². The number of unbranched alkanes of at least 4 members (excludes halogenated alkanes) is 5. The predicted octanol–water partition coefficient (Wildman–Crippen LogP) is 2.40. The molecule has 94 valence electrons. The third-order valence-electron chi connectivity index (χ3n) is 2.31. The highest BCUT2D eigenvalue weighted by molar-refractivity contribution is 5.72. The van der Waals surface area contributed by atoms with Crippen LogP contribution in [0, 0.1) is 10.1 Å². The van der Waals surface area contributed by atoms with Gasteiger partial charge in [-0.05, 0) is 6.42 Å². The van der Waals surface area contributed by atoms with Gasteiger partial charge in [0.2, 0.25) is 6.10 Å². The van der Waals surface area contributed by atoms with Crippen molar-refractivity contribution in [2.75, 3.05) is 0 Å². The quantitative estimate of drug-likeness (QED) is 0.355. The van der Waals surface area contributed by atoms with Crippen LogP contribution in [0.2, 0.25) is 0 Å². The van der Waals surface area contributed by atoms with Crippen LogP contribution < -0.4 is 0 Å². The Morgan fingerprint density at radius 1 is 1.31 bits per heavy atom. The van der Waals surface area contributed by atoms with E-state index in [-0.39, 0.29) is 6.42 Å². The molecule has 1 N–H and O–H groups in total. The van der Waals surface area contributed by atoms with E-state index in [2.05, 4.69) is 11.8 Å². The van der Waals surface area contributed by atoms with E-state index < -0.39 is 17.2 Å². The number of hydrogen-bond donors (Lipinski definition) is 1. The molecule has 0 saturated heterocycles. The van der Waals surface area contributed by atoms with E-state index >= 15 is 0 Å². The minimum Gasteiger partial charge on any atom is -0.480 e. The van der Waals surface area contributed by atoms with Gasteiger partial charge in [-0.25, -0.2) is 4.79 Å². The van der Waals surface area contributed by atoms with E-state index in [9.17, 15) is 14.9 Å². The van der Waals surface area contributed by atoms with Gasteiger partial charge in [0.15, 0.2) is 0 Å². The molecule has 1 unspecified atom stereocenters. The average Bonchev–Trinajstić information content (AvgIpc) is 2.20. The zero-order chi connectivity index (χ0) is 12.4. The normalized spacial score (nSPS) is 12.1. The zero-order valence-corrected chi connectivity index (χ0v) is 9.55. The van der Waals surface area contributed by atoms with Crippen molar-refractivity contribution in [3.63, 3.8) is 0 Å². The first-order valence-corrected chi connectivity index (χ1v) is 5.62. The molecule has 6 heteroatoms. The number of carboxylic acid groups (broad SMARTS) is 1. The standard InChI is InChI=1S/C10H19NO5/c1-2-3-4-5-6-7-8-9(10(12)13)16-11(14)15/h9H,2-8H2,1H3,(H,12,13). The van der Waals surface area contributed by atoms with E-state index in [0.717, 1.165) is 25.7 Å². The van der Waals surface area contributed by atoms with Crippen LogP contribution in [-0.4, -0.2) is 22.3 Å². The monoisotopic (exact) mass is 233 g/mol. The molecular weight excluding hydrogens is 214 g/mol. The first-order chi connectivity index (χ1) is 7.57. The van der Waals surface area contributed by atoms with Crippen molar-refractivity contribution >= 4 is 5.97 Å². The van der Waals surface area contributed by atoms with Crippen molar-refractivity contribution in [3.8, 4) is 0 Å². The van der Waals surface area contributed by atoms with Crippen molar-refractivity contribution in [1.29, 1.82) is 0 Å². The molecule has 16 heavy (non-hydrogen) atoms. The molecule has 0 amide bonds. The summed E-state index contributed by atoms with van der Waals surface area (Å²) in [4.78, 5) is 24.6. The van der Waals surface area contributed by atoms with Gasteiger partial charge in [-0.15, -0.1) is 10.1 Å². The zero-order valence-electron chi connectivity index (χ0n) is 9.55. The van der Waals surface area contributed by atoms with Gasteiger partial charge in [0.1, 0.15) is 0 Å². The Balaban J connectivity index is 3.60. The largest absolute Gasteiger partial charge is 0.480 e. The molecule has 0 bridgehead atoms. The number of rotatable bonds is 10. The van der Waals surface area contributed by atoms with Crippen LogP contribution in [0.15, 0.2) is 0 Å². The Bertz CT molecular complexity index is 219. The highest BCUT2D eigenvalue weighted by Crippen LogP contribution is 2.10. The van der Waals surface area contributed by atoms with Crippen molar-refractivity contribution in [2.45, 2.75) is 58.0 Å². The van der Waals surface area contributed by atoms with E-state index in [0.29, 0.717) is 6.42 Å². The second-order valence-corrected chi connectivity index (χ2v) is 3.71. The molecule has 0 aliphatic carbocycles. The first kappa shape index (κ1) is 14.7. The molecule has 0 heterocycles. The SMILES string of the molecule is CCCCCCCCC(O[N+](=O)[O-])C(=O)O. The fourth-order valence-corrected chi connectivity index (χ4v) is 1.44. The minimum atomic E-state index is -1.32. The van der Waals surface area contributed by atoms with Crippen molar-refractivity contribution in [3.05, 3.63) is 10.1 Å². The summed E-state index contributed by atoms with van der Waals surface area (Å²) in [5.74, 6) is -1.27. The van der Waals surface area contributed by atoms with Gasteiger partial charge in [0.05, 0.1) is 0 Å². The van der Waals surface area contributed by atoms with Crippen LogP contribution in [0.4, 0.5) is 0 Å². The molecular formula is C10H19NO5. The van der Waals surface area contributed by atoms with Crippen LogP contribution in [-0.2, 0) is 9.63 Å². The predicted molar refractivity (Wildman–Crippen MR) is 57.5 cm³/mol. The van der Waals surface area contributed by atoms with E-state index in [1.165, 1.54) is 6.42 Å². The van der Waals surface area contributed by atoms with Crippen LogP contribution in [0.3, 0.4) is 0 Å². The molecule has 0 aliphatic rings. The molecule has 0 aliphatic heterocycles. The third-order valence-corrected chi connectivity index (χ3v) is 2.31. The fourth-order valence-electron chi connectivity index (χ4n) is 1.44. The lowest BCUT2D eigenvalue weighted by atomic mass is 10.1. The summed E-state index contributed by atoms with van der Waals surface area (Å²) in [6.45, 7) is 2.12. The summed E-state index contributed by atoms with van der Waals surface area (Å²) in [6.07, 6.45) is 4.92.